The Bertz CT molecular complexity index is 1420. The number of nitrogens with zero attached hydrogens (tertiary/aromatic N) is 7. The number of piperazine rings is 1. The van der Waals surface area contributed by atoms with E-state index in [9.17, 15) is 9.65 Å². The number of nitrogens with one attached hydrogen (secondary N) is 1. The summed E-state index contributed by atoms with van der Waals surface area (Å²) in [5.41, 5.74) is 4.82. The molecule has 1 atom stereocenters. The summed E-state index contributed by atoms with van der Waals surface area (Å²) in [6.45, 7) is 9.00. The van der Waals surface area contributed by atoms with Crippen molar-refractivity contribution in [3.05, 3.63) is 52.4 Å². The van der Waals surface area contributed by atoms with E-state index in [-0.39, 0.29) is 5.82 Å². The smallest absolute Gasteiger partial charge is 0.191 e. The maximum Gasteiger partial charge on any atom is 0.191 e. The van der Waals surface area contributed by atoms with Crippen molar-refractivity contribution >= 4 is 33.6 Å². The number of fused-ring (bicyclic) bond motifs is 1. The number of rotatable bonds is 5. The Morgan fingerprint density at radius 2 is 2.06 bits per heavy atom. The Hall–Kier alpha value is -3.55. The third-order valence-corrected chi connectivity index (χ3v) is 7.32. The third-order valence-electron chi connectivity index (χ3n) is 6.28. The van der Waals surface area contributed by atoms with Crippen LogP contribution in [0.15, 0.2) is 30.3 Å². The Balaban J connectivity index is 1.61. The van der Waals surface area contributed by atoms with Gasteiger partial charge >= 0.3 is 0 Å². The highest BCUT2D eigenvalue weighted by Gasteiger charge is 2.25. The lowest BCUT2D eigenvalue weighted by Gasteiger charge is -2.33. The van der Waals surface area contributed by atoms with E-state index in [1.54, 1.807) is 12.1 Å². The van der Waals surface area contributed by atoms with Gasteiger partial charge in [-0.25, -0.2) is 18.9 Å². The molecule has 0 spiro atoms. The molecule has 1 aliphatic heterocycles. The van der Waals surface area contributed by atoms with Gasteiger partial charge < -0.3 is 15.1 Å². The summed E-state index contributed by atoms with van der Waals surface area (Å²) in [6, 6.07) is 10.8. The van der Waals surface area contributed by atoms with Crippen LogP contribution >= 0.6 is 11.3 Å². The van der Waals surface area contributed by atoms with Gasteiger partial charge in [-0.1, -0.05) is 18.3 Å². The molecular weight excluding hydrogens is 463 g/mol. The van der Waals surface area contributed by atoms with Gasteiger partial charge in [-0.05, 0) is 44.5 Å². The highest BCUT2D eigenvalue weighted by atomic mass is 32.1. The second-order valence-electron chi connectivity index (χ2n) is 8.79. The molecule has 1 aliphatic rings. The van der Waals surface area contributed by atoms with Crippen LogP contribution in [0, 0.1) is 24.1 Å². The first kappa shape index (κ1) is 23.2. The normalized spacial score (nSPS) is 16.0. The Labute approximate surface area is 207 Å². The molecule has 8 nitrogen and oxygen atoms in total. The number of aryl methyl sites for hydroxylation is 2. The molecule has 0 saturated carbocycles. The average molecular weight is 491 g/mol. The van der Waals surface area contributed by atoms with Crippen LogP contribution in [-0.2, 0) is 6.42 Å². The molecule has 4 heterocycles. The molecule has 4 aromatic rings. The molecule has 3 aromatic heterocycles. The van der Waals surface area contributed by atoms with Crippen molar-refractivity contribution < 1.29 is 4.39 Å². The van der Waals surface area contributed by atoms with E-state index in [4.69, 9.17) is 15.1 Å². The summed E-state index contributed by atoms with van der Waals surface area (Å²) < 4.78 is 15.3. The molecule has 0 bridgehead atoms. The van der Waals surface area contributed by atoms with Crippen LogP contribution < -0.4 is 15.1 Å². The minimum Gasteiger partial charge on any atom is -0.354 e. The zero-order valence-electron chi connectivity index (χ0n) is 20.2. The molecule has 1 N–H and O–H groups in total. The maximum atomic E-state index is 13.4. The molecule has 0 aliphatic carbocycles. The molecule has 0 amide bonds. The van der Waals surface area contributed by atoms with Gasteiger partial charge in [0.05, 0.1) is 5.69 Å². The van der Waals surface area contributed by atoms with Crippen LogP contribution in [0.1, 0.15) is 30.1 Å². The molecule has 10 heteroatoms. The summed E-state index contributed by atoms with van der Waals surface area (Å²) in [7, 11) is 1.93. The van der Waals surface area contributed by atoms with E-state index in [1.807, 2.05) is 23.4 Å². The van der Waals surface area contributed by atoms with Crippen molar-refractivity contribution in [3.8, 4) is 17.3 Å². The van der Waals surface area contributed by atoms with E-state index in [0.29, 0.717) is 27.3 Å². The van der Waals surface area contributed by atoms with Crippen molar-refractivity contribution in [2.24, 2.45) is 0 Å². The van der Waals surface area contributed by atoms with Crippen LogP contribution in [-0.4, -0.2) is 52.3 Å². The van der Waals surface area contributed by atoms with Gasteiger partial charge in [0.15, 0.2) is 10.8 Å². The predicted octanol–water partition coefficient (Wildman–Crippen LogP) is 4.30. The van der Waals surface area contributed by atoms with Crippen LogP contribution in [0.2, 0.25) is 0 Å². The Morgan fingerprint density at radius 1 is 1.29 bits per heavy atom. The quantitative estimate of drug-likeness (QED) is 0.446. The topological polar surface area (TPSA) is 85.4 Å². The van der Waals surface area contributed by atoms with Crippen molar-refractivity contribution in [2.45, 2.75) is 33.2 Å². The van der Waals surface area contributed by atoms with Gasteiger partial charge in [-0.15, -0.1) is 0 Å². The lowest BCUT2D eigenvalue weighted by molar-refractivity contribution is 0.482. The van der Waals surface area contributed by atoms with Gasteiger partial charge in [0.1, 0.15) is 34.0 Å². The highest BCUT2D eigenvalue weighted by Crippen LogP contribution is 2.38. The monoisotopic (exact) mass is 490 g/mol. The molecule has 5 rings (SSSR count). The molecular formula is C25H27FN8S. The standard InChI is InChI=1S/C25H27FN8S/c1-5-19-23(24-29-21(12-16(3)34(24)31-19)33-11-10-28-15(2)14-33)32(4)25-30-22(20(13-27)35-25)17-6-8-18(26)9-7-17/h6-9,12,15,28H,5,10-11,14H2,1-4H3/t15-/m1/s1. The summed E-state index contributed by atoms with van der Waals surface area (Å²) in [5.74, 6) is 0.610. The molecule has 1 fully saturated rings. The van der Waals surface area contributed by atoms with Gasteiger partial charge in [0.2, 0.25) is 0 Å². The fraction of sp³-hybridized carbons (Fsp3) is 0.360. The lowest BCUT2D eigenvalue weighted by Crippen LogP contribution is -2.49. The first-order valence-corrected chi connectivity index (χ1v) is 12.5. The van der Waals surface area contributed by atoms with Gasteiger partial charge in [0, 0.05) is 50.0 Å². The van der Waals surface area contributed by atoms with E-state index in [0.717, 1.165) is 54.6 Å². The van der Waals surface area contributed by atoms with E-state index in [1.165, 1.54) is 23.5 Å². The van der Waals surface area contributed by atoms with Crippen LogP contribution in [0.3, 0.4) is 0 Å². The first-order chi connectivity index (χ1) is 16.9. The number of hydrogen-bond donors (Lipinski definition) is 1. The minimum absolute atomic E-state index is 0.324. The minimum atomic E-state index is -0.324. The van der Waals surface area contributed by atoms with Gasteiger partial charge in [0.25, 0.3) is 0 Å². The van der Waals surface area contributed by atoms with Gasteiger partial charge in [-0.2, -0.15) is 10.4 Å². The Kier molecular flexibility index (Phi) is 6.13. The zero-order valence-corrected chi connectivity index (χ0v) is 21.0. The van der Waals surface area contributed by atoms with Crippen LogP contribution in [0.5, 0.6) is 0 Å². The maximum absolute atomic E-state index is 13.4. The molecule has 35 heavy (non-hydrogen) atoms. The van der Waals surface area contributed by atoms with Crippen molar-refractivity contribution in [1.82, 2.24) is 24.9 Å². The predicted molar refractivity (Wildman–Crippen MR) is 137 cm³/mol. The summed E-state index contributed by atoms with van der Waals surface area (Å²) in [6.07, 6.45) is 0.726. The van der Waals surface area contributed by atoms with Crippen LogP contribution in [0.25, 0.3) is 16.9 Å². The van der Waals surface area contributed by atoms with E-state index >= 15 is 0 Å². The van der Waals surface area contributed by atoms with Gasteiger partial charge in [-0.3, -0.25) is 0 Å². The second kappa shape index (κ2) is 9.24. The second-order valence-corrected chi connectivity index (χ2v) is 9.77. The summed E-state index contributed by atoms with van der Waals surface area (Å²) >= 11 is 1.31. The average Bonchev–Trinajstić information content (AvgIpc) is 3.46. The third kappa shape index (κ3) is 4.22. The molecule has 180 valence electrons. The summed E-state index contributed by atoms with van der Waals surface area (Å²) in [4.78, 5) is 14.6. The number of hydrogen-bond acceptors (Lipinski definition) is 8. The first-order valence-electron chi connectivity index (χ1n) is 11.7. The van der Waals surface area contributed by atoms with Crippen molar-refractivity contribution in [1.29, 1.82) is 5.26 Å². The number of anilines is 3. The van der Waals surface area contributed by atoms with Crippen molar-refractivity contribution in [2.75, 3.05) is 36.5 Å². The molecule has 1 saturated heterocycles. The zero-order chi connectivity index (χ0) is 24.7. The molecule has 0 unspecified atom stereocenters. The number of aromatic nitrogens is 4. The highest BCUT2D eigenvalue weighted by molar-refractivity contribution is 7.16. The fourth-order valence-electron chi connectivity index (χ4n) is 4.49. The number of benzene rings is 1. The lowest BCUT2D eigenvalue weighted by atomic mass is 10.1. The van der Waals surface area contributed by atoms with E-state index in [2.05, 4.69) is 36.2 Å². The summed E-state index contributed by atoms with van der Waals surface area (Å²) in [5, 5.41) is 18.7. The Morgan fingerprint density at radius 3 is 2.74 bits per heavy atom. The largest absolute Gasteiger partial charge is 0.354 e. The number of nitriles is 1. The fourth-order valence-corrected chi connectivity index (χ4v) is 5.34. The number of thiazole rings is 1. The van der Waals surface area contributed by atoms with E-state index < -0.39 is 0 Å². The molecule has 1 aromatic carbocycles. The van der Waals surface area contributed by atoms with Crippen LogP contribution in [0.4, 0.5) is 21.0 Å². The number of halogens is 1. The SMILES string of the molecule is CCc1nn2c(C)cc(N3CCN[C@H](C)C3)nc2c1N(C)c1nc(-c2ccc(F)cc2)c(C#N)s1. The van der Waals surface area contributed by atoms with Crippen molar-refractivity contribution in [3.63, 3.8) is 0 Å². The molecule has 0 radical (unpaired) electrons.